The van der Waals surface area contributed by atoms with Gasteiger partial charge in [0, 0.05) is 0 Å². The molecule has 66 valence electrons. The summed E-state index contributed by atoms with van der Waals surface area (Å²) < 4.78 is 10.5. The van der Waals surface area contributed by atoms with Crippen molar-refractivity contribution in [1.29, 1.82) is 0 Å². The summed E-state index contributed by atoms with van der Waals surface area (Å²) in [5, 5.41) is 8.33. The number of nitrogens with zero attached hydrogens (tertiary/aromatic N) is 2. The van der Waals surface area contributed by atoms with E-state index in [1.807, 2.05) is 6.92 Å². The van der Waals surface area contributed by atoms with E-state index in [0.29, 0.717) is 23.5 Å². The first-order chi connectivity index (χ1) is 5.68. The molecule has 0 bridgehead atoms. The van der Waals surface area contributed by atoms with Gasteiger partial charge in [-0.15, -0.1) is 5.10 Å². The number of nitrogens with two attached hydrogens (primary N) is 1. The molecule has 1 aliphatic heterocycles. The van der Waals surface area contributed by atoms with Crippen molar-refractivity contribution in [3.05, 3.63) is 0 Å². The van der Waals surface area contributed by atoms with E-state index in [4.69, 9.17) is 15.2 Å². The molecule has 0 atom stereocenters. The highest BCUT2D eigenvalue weighted by molar-refractivity contribution is 7.16. The molecule has 0 saturated carbocycles. The first-order valence-corrected chi connectivity index (χ1v) is 4.35. The van der Waals surface area contributed by atoms with Gasteiger partial charge in [-0.3, -0.25) is 0 Å². The molecular formula is C6H9N3O2S. The molecule has 6 heteroatoms. The fraction of sp³-hybridized carbons (Fsp3) is 0.667. The molecule has 1 fully saturated rings. The minimum atomic E-state index is -0.230. The molecule has 0 aromatic carbocycles. The van der Waals surface area contributed by atoms with E-state index in [1.165, 1.54) is 11.3 Å². The maximum atomic E-state index is 5.50. The predicted molar refractivity (Wildman–Crippen MR) is 44.2 cm³/mol. The number of anilines is 1. The summed E-state index contributed by atoms with van der Waals surface area (Å²) in [6.07, 6.45) is 0. The zero-order chi connectivity index (χ0) is 8.60. The van der Waals surface area contributed by atoms with Crippen LogP contribution in [0.2, 0.25) is 0 Å². The van der Waals surface area contributed by atoms with Crippen LogP contribution in [0.5, 0.6) is 5.19 Å². The second-order valence-corrected chi connectivity index (χ2v) is 3.92. The predicted octanol–water partition coefficient (Wildman–Crippen LogP) is 0.288. The normalized spacial score (nSPS) is 20.1. The first-order valence-electron chi connectivity index (χ1n) is 3.54. The lowest BCUT2D eigenvalue weighted by molar-refractivity contribution is -0.150. The third kappa shape index (κ3) is 1.35. The van der Waals surface area contributed by atoms with Crippen LogP contribution in [0.3, 0.4) is 0 Å². The van der Waals surface area contributed by atoms with Crippen molar-refractivity contribution < 1.29 is 9.47 Å². The molecule has 1 aromatic rings. The fourth-order valence-electron chi connectivity index (χ4n) is 0.921. The Kier molecular flexibility index (Phi) is 1.66. The lowest BCUT2D eigenvalue weighted by Crippen LogP contribution is -2.51. The highest BCUT2D eigenvalue weighted by Crippen LogP contribution is 2.27. The lowest BCUT2D eigenvalue weighted by atomic mass is 10.1. The van der Waals surface area contributed by atoms with E-state index >= 15 is 0 Å². The Morgan fingerprint density at radius 2 is 2.33 bits per heavy atom. The average molecular weight is 187 g/mol. The van der Waals surface area contributed by atoms with Crippen LogP contribution in [0.15, 0.2) is 0 Å². The molecule has 1 saturated heterocycles. The Hall–Kier alpha value is -0.880. The van der Waals surface area contributed by atoms with Crippen LogP contribution in [-0.4, -0.2) is 29.0 Å². The molecule has 2 rings (SSSR count). The van der Waals surface area contributed by atoms with Crippen molar-refractivity contribution in [3.63, 3.8) is 0 Å². The number of hydrogen-bond donors (Lipinski definition) is 1. The fourth-order valence-corrected chi connectivity index (χ4v) is 1.51. The Morgan fingerprint density at radius 3 is 2.75 bits per heavy atom. The summed E-state index contributed by atoms with van der Waals surface area (Å²) in [7, 11) is 0. The monoisotopic (exact) mass is 187 g/mol. The van der Waals surface area contributed by atoms with Crippen molar-refractivity contribution >= 4 is 16.5 Å². The molecule has 5 nitrogen and oxygen atoms in total. The van der Waals surface area contributed by atoms with Crippen LogP contribution in [-0.2, 0) is 4.74 Å². The maximum absolute atomic E-state index is 5.50. The lowest BCUT2D eigenvalue weighted by Gasteiger charge is -2.36. The van der Waals surface area contributed by atoms with Gasteiger partial charge in [0.1, 0.15) is 0 Å². The average Bonchev–Trinajstić information content (AvgIpc) is 2.32. The van der Waals surface area contributed by atoms with Gasteiger partial charge < -0.3 is 15.2 Å². The number of rotatable bonds is 2. The third-order valence-electron chi connectivity index (χ3n) is 1.57. The molecule has 1 aromatic heterocycles. The van der Waals surface area contributed by atoms with Crippen molar-refractivity contribution in [2.24, 2.45) is 0 Å². The van der Waals surface area contributed by atoms with Gasteiger partial charge in [-0.1, -0.05) is 5.10 Å². The topological polar surface area (TPSA) is 70.3 Å². The Labute approximate surface area is 73.5 Å². The highest BCUT2D eigenvalue weighted by Gasteiger charge is 2.36. The van der Waals surface area contributed by atoms with Crippen molar-refractivity contribution in [2.45, 2.75) is 12.5 Å². The van der Waals surface area contributed by atoms with E-state index in [2.05, 4.69) is 10.2 Å². The van der Waals surface area contributed by atoms with Crippen molar-refractivity contribution in [3.8, 4) is 5.19 Å². The van der Waals surface area contributed by atoms with Crippen molar-refractivity contribution in [1.82, 2.24) is 10.2 Å². The first kappa shape index (κ1) is 7.75. The van der Waals surface area contributed by atoms with Gasteiger partial charge in [-0.25, -0.2) is 0 Å². The Bertz CT molecular complexity index is 284. The summed E-state index contributed by atoms with van der Waals surface area (Å²) in [4.78, 5) is 0. The Morgan fingerprint density at radius 1 is 1.58 bits per heavy atom. The maximum Gasteiger partial charge on any atom is 0.296 e. The molecule has 0 unspecified atom stereocenters. The van der Waals surface area contributed by atoms with E-state index in [9.17, 15) is 0 Å². The highest BCUT2D eigenvalue weighted by atomic mass is 32.1. The summed E-state index contributed by atoms with van der Waals surface area (Å²) in [6.45, 7) is 3.17. The zero-order valence-corrected chi connectivity index (χ0v) is 7.43. The second-order valence-electron chi connectivity index (χ2n) is 2.95. The van der Waals surface area contributed by atoms with Crippen LogP contribution in [0.1, 0.15) is 6.92 Å². The van der Waals surface area contributed by atoms with Crippen LogP contribution >= 0.6 is 11.3 Å². The molecule has 0 radical (unpaired) electrons. The van der Waals surface area contributed by atoms with Gasteiger partial charge in [0.25, 0.3) is 5.19 Å². The molecule has 1 aliphatic rings. The second kappa shape index (κ2) is 2.56. The SMILES string of the molecule is CC1(Oc2nnc(N)s2)COC1. The van der Waals surface area contributed by atoms with Gasteiger partial charge >= 0.3 is 0 Å². The van der Waals surface area contributed by atoms with Crippen LogP contribution in [0.4, 0.5) is 5.13 Å². The number of nitrogen functional groups attached to an aromatic ring is 1. The zero-order valence-electron chi connectivity index (χ0n) is 6.61. The van der Waals surface area contributed by atoms with E-state index < -0.39 is 0 Å². The molecular weight excluding hydrogens is 178 g/mol. The minimum absolute atomic E-state index is 0.230. The molecule has 2 N–H and O–H groups in total. The molecule has 0 spiro atoms. The molecule has 2 heterocycles. The summed E-state index contributed by atoms with van der Waals surface area (Å²) in [5.74, 6) is 0. The van der Waals surface area contributed by atoms with Gasteiger partial charge in [0.05, 0.1) is 13.2 Å². The number of aromatic nitrogens is 2. The van der Waals surface area contributed by atoms with Gasteiger partial charge in [-0.2, -0.15) is 0 Å². The van der Waals surface area contributed by atoms with Crippen LogP contribution < -0.4 is 10.5 Å². The van der Waals surface area contributed by atoms with Crippen LogP contribution in [0.25, 0.3) is 0 Å². The molecule has 12 heavy (non-hydrogen) atoms. The number of hydrogen-bond acceptors (Lipinski definition) is 6. The van der Waals surface area contributed by atoms with E-state index in [1.54, 1.807) is 0 Å². The van der Waals surface area contributed by atoms with E-state index in [-0.39, 0.29) is 5.60 Å². The van der Waals surface area contributed by atoms with Crippen LogP contribution in [0, 0.1) is 0 Å². The van der Waals surface area contributed by atoms with Gasteiger partial charge in [-0.05, 0) is 18.3 Å². The summed E-state index contributed by atoms with van der Waals surface area (Å²) >= 11 is 1.24. The van der Waals surface area contributed by atoms with E-state index in [0.717, 1.165) is 0 Å². The molecule has 0 amide bonds. The summed E-state index contributed by atoms with van der Waals surface area (Å²) in [5.41, 5.74) is 5.16. The summed E-state index contributed by atoms with van der Waals surface area (Å²) in [6, 6.07) is 0. The smallest absolute Gasteiger partial charge is 0.296 e. The number of ether oxygens (including phenoxy) is 2. The van der Waals surface area contributed by atoms with Gasteiger partial charge in [0.2, 0.25) is 5.13 Å². The third-order valence-corrected chi connectivity index (χ3v) is 2.20. The standard InChI is InChI=1S/C6H9N3O2S/c1-6(2-10-3-6)11-5-9-8-4(7)12-5/h2-3H2,1H3,(H2,7,8). The Balaban J connectivity index is 2.03. The minimum Gasteiger partial charge on any atom is -0.458 e. The quantitative estimate of drug-likeness (QED) is 0.720. The molecule has 0 aliphatic carbocycles. The largest absolute Gasteiger partial charge is 0.458 e. The van der Waals surface area contributed by atoms with Gasteiger partial charge in [0.15, 0.2) is 5.60 Å². The van der Waals surface area contributed by atoms with Crippen molar-refractivity contribution in [2.75, 3.05) is 18.9 Å².